The Bertz CT molecular complexity index is 1540. The smallest absolute Gasteiger partial charge is 0.289 e. The van der Waals surface area contributed by atoms with Crippen LogP contribution in [0.15, 0.2) is 61.1 Å². The van der Waals surface area contributed by atoms with Gasteiger partial charge in [-0.3, -0.25) is 14.5 Å². The molecule has 0 fully saturated rings. The van der Waals surface area contributed by atoms with E-state index < -0.39 is 11.9 Å². The molecule has 2 aromatic heterocycles. The number of carbonyl (C=O) groups excluding carboxylic acids is 2. The van der Waals surface area contributed by atoms with Gasteiger partial charge in [0.25, 0.3) is 11.8 Å². The summed E-state index contributed by atoms with van der Waals surface area (Å²) in [6.45, 7) is 4.96. The van der Waals surface area contributed by atoms with Gasteiger partial charge in [-0.05, 0) is 30.2 Å². The number of hydrogen-bond acceptors (Lipinski definition) is 8. The summed E-state index contributed by atoms with van der Waals surface area (Å²) >= 11 is 0. The molecule has 2 aliphatic rings. The maximum atomic E-state index is 13.4. The first-order valence-corrected chi connectivity index (χ1v) is 12.8. The minimum Gasteiger partial charge on any atom is -0.489 e. The summed E-state index contributed by atoms with van der Waals surface area (Å²) in [5, 5.41) is 7.01. The molecule has 0 radical (unpaired) electrons. The van der Waals surface area contributed by atoms with Crippen molar-refractivity contribution < 1.29 is 14.3 Å². The van der Waals surface area contributed by atoms with E-state index in [1.54, 1.807) is 19.6 Å². The predicted molar refractivity (Wildman–Crippen MR) is 143 cm³/mol. The Kier molecular flexibility index (Phi) is 6.49. The number of fused-ring (bicyclic) bond motifs is 2. The summed E-state index contributed by atoms with van der Waals surface area (Å²) in [6.07, 6.45) is 3.20. The number of amides is 2. The number of rotatable bonds is 5. The van der Waals surface area contributed by atoms with Crippen molar-refractivity contribution >= 4 is 17.5 Å². The van der Waals surface area contributed by atoms with Crippen LogP contribution in [0.4, 0.5) is 5.69 Å². The molecule has 2 aliphatic heterocycles. The van der Waals surface area contributed by atoms with Gasteiger partial charge < -0.3 is 15.0 Å². The largest absolute Gasteiger partial charge is 0.489 e. The predicted octanol–water partition coefficient (Wildman–Crippen LogP) is 2.21. The minimum absolute atomic E-state index is 0.000444. The zero-order valence-corrected chi connectivity index (χ0v) is 21.7. The van der Waals surface area contributed by atoms with Crippen molar-refractivity contribution in [3.63, 3.8) is 0 Å². The van der Waals surface area contributed by atoms with Gasteiger partial charge in [-0.1, -0.05) is 36.4 Å². The van der Waals surface area contributed by atoms with Gasteiger partial charge in [-0.15, -0.1) is 0 Å². The minimum atomic E-state index is -0.892. The Morgan fingerprint density at radius 2 is 1.97 bits per heavy atom. The molecule has 2 aromatic carbocycles. The standard InChI is InChI=1S/C28H28N8O3/c1-18-13-29-26(33-25(18)20-6-4-3-5-7-20)27(37)32-21-16-39-23-9-8-19(12-22(23)34(2)28(21)38)14-35-10-11-36-24(15-35)30-17-31-36/h3-9,12-13,17,21H,10-11,14-16H2,1-2H3,(H,32,37). The second kappa shape index (κ2) is 10.3. The number of aryl methyl sites for hydroxylation is 1. The molecule has 0 aliphatic carbocycles. The van der Waals surface area contributed by atoms with E-state index in [0.717, 1.165) is 35.6 Å². The first-order valence-electron chi connectivity index (χ1n) is 12.8. The maximum Gasteiger partial charge on any atom is 0.289 e. The normalized spacial score (nSPS) is 17.1. The highest BCUT2D eigenvalue weighted by Gasteiger charge is 2.32. The second-order valence-electron chi connectivity index (χ2n) is 9.74. The number of aromatic nitrogens is 5. The number of nitrogens with zero attached hydrogens (tertiary/aromatic N) is 7. The Hall–Kier alpha value is -4.64. The van der Waals surface area contributed by atoms with E-state index in [4.69, 9.17) is 4.74 Å². The molecule has 4 aromatic rings. The lowest BCUT2D eigenvalue weighted by Gasteiger charge is -2.27. The molecule has 1 atom stereocenters. The van der Waals surface area contributed by atoms with Gasteiger partial charge in [0.2, 0.25) is 5.82 Å². The van der Waals surface area contributed by atoms with Crippen molar-refractivity contribution in [2.45, 2.75) is 32.6 Å². The zero-order valence-electron chi connectivity index (χ0n) is 21.7. The van der Waals surface area contributed by atoms with Crippen molar-refractivity contribution in [1.29, 1.82) is 0 Å². The van der Waals surface area contributed by atoms with Crippen LogP contribution in [-0.4, -0.2) is 67.7 Å². The Morgan fingerprint density at radius 3 is 2.82 bits per heavy atom. The molecular weight excluding hydrogens is 496 g/mol. The Morgan fingerprint density at radius 1 is 1.13 bits per heavy atom. The maximum absolute atomic E-state index is 13.4. The highest BCUT2D eigenvalue weighted by molar-refractivity contribution is 6.02. The number of ether oxygens (including phenoxy) is 1. The van der Waals surface area contributed by atoms with Gasteiger partial charge in [0.15, 0.2) is 0 Å². The fourth-order valence-electron chi connectivity index (χ4n) is 4.91. The monoisotopic (exact) mass is 524 g/mol. The number of anilines is 1. The fourth-order valence-corrected chi connectivity index (χ4v) is 4.91. The molecule has 0 bridgehead atoms. The summed E-state index contributed by atoms with van der Waals surface area (Å²) in [7, 11) is 1.69. The lowest BCUT2D eigenvalue weighted by atomic mass is 10.1. The van der Waals surface area contributed by atoms with E-state index in [2.05, 4.69) is 30.3 Å². The van der Waals surface area contributed by atoms with Crippen molar-refractivity contribution in [2.75, 3.05) is 25.1 Å². The van der Waals surface area contributed by atoms with E-state index in [1.165, 1.54) is 4.90 Å². The second-order valence-corrected chi connectivity index (χ2v) is 9.74. The fraction of sp³-hybridized carbons (Fsp3) is 0.286. The van der Waals surface area contributed by atoms with Gasteiger partial charge in [0, 0.05) is 31.9 Å². The van der Waals surface area contributed by atoms with Crippen LogP contribution in [0.25, 0.3) is 11.3 Å². The number of nitrogens with one attached hydrogen (secondary N) is 1. The Labute approximate surface area is 225 Å². The van der Waals surface area contributed by atoms with Gasteiger partial charge in [0.1, 0.15) is 30.5 Å². The topological polar surface area (TPSA) is 118 Å². The van der Waals surface area contributed by atoms with Crippen molar-refractivity contribution in [3.05, 3.63) is 83.8 Å². The Balaban J connectivity index is 1.16. The molecule has 1 N–H and O–H groups in total. The molecule has 0 spiro atoms. The van der Waals surface area contributed by atoms with E-state index in [9.17, 15) is 9.59 Å². The molecular formula is C28H28N8O3. The molecule has 0 saturated carbocycles. The highest BCUT2D eigenvalue weighted by Crippen LogP contribution is 2.32. The van der Waals surface area contributed by atoms with Crippen molar-refractivity contribution in [1.82, 2.24) is 34.9 Å². The average Bonchev–Trinajstić information content (AvgIpc) is 3.39. The van der Waals surface area contributed by atoms with Crippen LogP contribution in [0.5, 0.6) is 5.75 Å². The highest BCUT2D eigenvalue weighted by atomic mass is 16.5. The quantitative estimate of drug-likeness (QED) is 0.422. The van der Waals surface area contributed by atoms with Crippen LogP contribution in [0.3, 0.4) is 0 Å². The van der Waals surface area contributed by atoms with Gasteiger partial charge in [-0.2, -0.15) is 5.10 Å². The summed E-state index contributed by atoms with van der Waals surface area (Å²) in [5.74, 6) is 0.713. The average molecular weight is 525 g/mol. The van der Waals surface area contributed by atoms with Crippen LogP contribution in [0.2, 0.25) is 0 Å². The van der Waals surface area contributed by atoms with Crippen LogP contribution < -0.4 is 15.0 Å². The number of benzene rings is 2. The van der Waals surface area contributed by atoms with E-state index in [-0.39, 0.29) is 18.3 Å². The third-order valence-corrected chi connectivity index (χ3v) is 7.04. The number of likely N-dealkylation sites (N-methyl/N-ethyl adjacent to an activating group) is 1. The first kappa shape index (κ1) is 24.7. The third-order valence-electron chi connectivity index (χ3n) is 7.04. The van der Waals surface area contributed by atoms with Crippen LogP contribution in [-0.2, 0) is 24.4 Å². The molecule has 0 saturated heterocycles. The van der Waals surface area contributed by atoms with Crippen LogP contribution in [0.1, 0.15) is 27.6 Å². The lowest BCUT2D eigenvalue weighted by molar-refractivity contribution is -0.120. The molecule has 4 heterocycles. The molecule has 11 heteroatoms. The molecule has 2 amide bonds. The van der Waals surface area contributed by atoms with E-state index in [1.807, 2.05) is 60.1 Å². The summed E-state index contributed by atoms with van der Waals surface area (Å²) in [5.41, 5.74) is 4.12. The van der Waals surface area contributed by atoms with Gasteiger partial charge in [0.05, 0.1) is 24.5 Å². The summed E-state index contributed by atoms with van der Waals surface area (Å²) < 4.78 is 7.90. The molecule has 6 rings (SSSR count). The van der Waals surface area contributed by atoms with Crippen molar-refractivity contribution in [3.8, 4) is 17.0 Å². The number of hydrogen-bond donors (Lipinski definition) is 1. The first-order chi connectivity index (χ1) is 19.0. The summed E-state index contributed by atoms with van der Waals surface area (Å²) in [4.78, 5) is 43.4. The number of carbonyl (C=O) groups is 2. The molecule has 1 unspecified atom stereocenters. The van der Waals surface area contributed by atoms with E-state index >= 15 is 0 Å². The SMILES string of the molecule is Cc1cnc(C(=O)NC2COc3ccc(CN4CCn5ncnc5C4)cc3N(C)C2=O)nc1-c1ccccc1. The zero-order chi connectivity index (χ0) is 26.9. The van der Waals surface area contributed by atoms with E-state index in [0.29, 0.717) is 30.2 Å². The van der Waals surface area contributed by atoms with Gasteiger partial charge in [-0.25, -0.2) is 19.6 Å². The molecule has 198 valence electrons. The summed E-state index contributed by atoms with van der Waals surface area (Å²) in [6, 6.07) is 14.6. The van der Waals surface area contributed by atoms with Crippen molar-refractivity contribution in [2.24, 2.45) is 0 Å². The van der Waals surface area contributed by atoms with Gasteiger partial charge >= 0.3 is 0 Å². The molecule has 39 heavy (non-hydrogen) atoms. The third kappa shape index (κ3) is 4.96. The van der Waals surface area contributed by atoms with Crippen LogP contribution >= 0.6 is 0 Å². The molecule has 11 nitrogen and oxygen atoms in total. The lowest BCUT2D eigenvalue weighted by Crippen LogP contribution is -2.49. The van der Waals surface area contributed by atoms with Crippen LogP contribution in [0, 0.1) is 6.92 Å².